The number of esters is 1. The average Bonchev–Trinajstić information content (AvgIpc) is 2.65. The van der Waals surface area contributed by atoms with Crippen LogP contribution in [0.25, 0.3) is 0 Å². The molecular formula is C24H50O6Si. The molecule has 0 aliphatic carbocycles. The molecule has 5 atom stereocenters. The summed E-state index contributed by atoms with van der Waals surface area (Å²) >= 11 is 0. The van der Waals surface area contributed by atoms with Crippen LogP contribution >= 0.6 is 0 Å². The predicted octanol–water partition coefficient (Wildman–Crippen LogP) is 5.04. The van der Waals surface area contributed by atoms with Gasteiger partial charge in [0.15, 0.2) is 8.32 Å². The summed E-state index contributed by atoms with van der Waals surface area (Å²) in [5.41, 5.74) is -0.520. The van der Waals surface area contributed by atoms with Gasteiger partial charge in [0.25, 0.3) is 0 Å². The first-order chi connectivity index (χ1) is 14.0. The number of carbonyl (C=O) groups is 1. The largest absolute Gasteiger partial charge is 0.465 e. The molecule has 0 aromatic carbocycles. The van der Waals surface area contributed by atoms with Crippen LogP contribution in [-0.4, -0.2) is 65.1 Å². The molecule has 0 saturated carbocycles. The van der Waals surface area contributed by atoms with E-state index in [9.17, 15) is 9.90 Å². The van der Waals surface area contributed by atoms with Gasteiger partial charge in [-0.15, -0.1) is 0 Å². The highest BCUT2D eigenvalue weighted by Crippen LogP contribution is 2.39. The van der Waals surface area contributed by atoms with Crippen molar-refractivity contribution in [3.05, 3.63) is 0 Å². The highest BCUT2D eigenvalue weighted by atomic mass is 28.4. The molecule has 0 unspecified atom stereocenters. The van der Waals surface area contributed by atoms with Gasteiger partial charge in [-0.05, 0) is 45.3 Å². The van der Waals surface area contributed by atoms with Crippen molar-refractivity contribution in [1.29, 1.82) is 0 Å². The Hall–Kier alpha value is -0.473. The van der Waals surface area contributed by atoms with E-state index in [1.165, 1.54) is 0 Å². The summed E-state index contributed by atoms with van der Waals surface area (Å²) in [6.07, 6.45) is 0.948. The van der Waals surface area contributed by atoms with Crippen molar-refractivity contribution in [2.24, 2.45) is 17.3 Å². The van der Waals surface area contributed by atoms with Crippen LogP contribution in [0.4, 0.5) is 0 Å². The van der Waals surface area contributed by atoms with Gasteiger partial charge in [0.2, 0.25) is 0 Å². The first kappa shape index (κ1) is 30.5. The van der Waals surface area contributed by atoms with Crippen LogP contribution in [0, 0.1) is 17.3 Å². The maximum absolute atomic E-state index is 12.1. The van der Waals surface area contributed by atoms with Crippen LogP contribution < -0.4 is 0 Å². The number of hydrogen-bond acceptors (Lipinski definition) is 6. The third kappa shape index (κ3) is 9.90. The van der Waals surface area contributed by atoms with Gasteiger partial charge in [0.1, 0.15) is 0 Å². The Labute approximate surface area is 192 Å². The van der Waals surface area contributed by atoms with Gasteiger partial charge in [-0.3, -0.25) is 4.79 Å². The van der Waals surface area contributed by atoms with Gasteiger partial charge in [-0.1, -0.05) is 34.6 Å². The predicted molar refractivity (Wildman–Crippen MR) is 129 cm³/mol. The molecular weight excluding hydrogens is 412 g/mol. The molecule has 1 N–H and O–H groups in total. The fraction of sp³-hybridized carbons (Fsp3) is 0.958. The van der Waals surface area contributed by atoms with Crippen LogP contribution in [0.2, 0.25) is 18.1 Å². The molecule has 0 fully saturated rings. The van der Waals surface area contributed by atoms with Crippen molar-refractivity contribution in [2.75, 3.05) is 27.4 Å². The van der Waals surface area contributed by atoms with Gasteiger partial charge in [-0.25, -0.2) is 0 Å². The van der Waals surface area contributed by atoms with Crippen LogP contribution in [0.15, 0.2) is 0 Å². The summed E-state index contributed by atoms with van der Waals surface area (Å²) < 4.78 is 23.8. The summed E-state index contributed by atoms with van der Waals surface area (Å²) in [4.78, 5) is 12.1. The van der Waals surface area contributed by atoms with Crippen molar-refractivity contribution in [3.63, 3.8) is 0 Å². The Morgan fingerprint density at radius 3 is 1.84 bits per heavy atom. The highest BCUT2D eigenvalue weighted by Gasteiger charge is 2.42. The Morgan fingerprint density at radius 2 is 1.45 bits per heavy atom. The molecule has 0 spiro atoms. The first-order valence-corrected chi connectivity index (χ1v) is 14.4. The van der Waals surface area contributed by atoms with E-state index >= 15 is 0 Å². The lowest BCUT2D eigenvalue weighted by molar-refractivity contribution is -0.154. The molecule has 0 saturated heterocycles. The lowest BCUT2D eigenvalue weighted by atomic mass is 9.89. The minimum Gasteiger partial charge on any atom is -0.465 e. The van der Waals surface area contributed by atoms with Crippen molar-refractivity contribution >= 4 is 14.3 Å². The van der Waals surface area contributed by atoms with Crippen LogP contribution in [0.1, 0.15) is 68.2 Å². The molecule has 0 aromatic heterocycles. The van der Waals surface area contributed by atoms with Crippen LogP contribution in [-0.2, 0) is 23.4 Å². The zero-order chi connectivity index (χ0) is 24.6. The third-order valence-corrected chi connectivity index (χ3v) is 11.2. The molecule has 186 valence electrons. The molecule has 0 aromatic rings. The highest BCUT2D eigenvalue weighted by molar-refractivity contribution is 6.74. The van der Waals surface area contributed by atoms with E-state index in [0.29, 0.717) is 19.4 Å². The Kier molecular flexibility index (Phi) is 12.5. The summed E-state index contributed by atoms with van der Waals surface area (Å²) in [6, 6.07) is 0. The molecule has 0 heterocycles. The first-order valence-electron chi connectivity index (χ1n) is 11.5. The molecule has 6 nitrogen and oxygen atoms in total. The summed E-state index contributed by atoms with van der Waals surface area (Å²) in [5, 5.41) is 9.72. The fourth-order valence-electron chi connectivity index (χ4n) is 3.15. The summed E-state index contributed by atoms with van der Waals surface area (Å²) in [7, 11) is 1.33. The van der Waals surface area contributed by atoms with E-state index < -0.39 is 13.7 Å². The fourth-order valence-corrected chi connectivity index (χ4v) is 4.57. The number of methoxy groups -OCH3 is 2. The maximum atomic E-state index is 12.1. The number of aliphatic hydroxyl groups excluding tert-OH is 1. The molecule has 0 radical (unpaired) electrons. The number of ether oxygens (including phenoxy) is 3. The molecule has 0 aliphatic rings. The van der Waals surface area contributed by atoms with Gasteiger partial charge >= 0.3 is 5.97 Å². The van der Waals surface area contributed by atoms with E-state index in [-0.39, 0.29) is 47.8 Å². The Morgan fingerprint density at radius 1 is 0.935 bits per heavy atom. The standard InChI is InChI=1S/C24H50O6Si/c1-17(16-25)20(28-10)15-21(30-31(11,12)24(6,7)8)18(2)19(27-9)13-14-29-22(26)23(3,4)5/h17-21,25H,13-16H2,1-12H3/t17-,18-,19+,20+,21+/m0/s1. The van der Waals surface area contributed by atoms with Crippen molar-refractivity contribution in [2.45, 2.75) is 105 Å². The van der Waals surface area contributed by atoms with E-state index in [4.69, 9.17) is 18.6 Å². The van der Waals surface area contributed by atoms with Crippen molar-refractivity contribution in [3.8, 4) is 0 Å². The second kappa shape index (κ2) is 12.7. The summed E-state index contributed by atoms with van der Waals surface area (Å²) in [5.74, 6) is -0.132. The topological polar surface area (TPSA) is 74.2 Å². The number of rotatable bonds is 13. The number of aliphatic hydroxyl groups is 1. The van der Waals surface area contributed by atoms with Crippen LogP contribution in [0.3, 0.4) is 0 Å². The molecule has 7 heteroatoms. The molecule has 0 amide bonds. The quantitative estimate of drug-likeness (QED) is 0.305. The lowest BCUT2D eigenvalue weighted by Gasteiger charge is -2.43. The van der Waals surface area contributed by atoms with Gasteiger partial charge in [0.05, 0.1) is 30.3 Å². The zero-order valence-corrected chi connectivity index (χ0v) is 23.2. The van der Waals surface area contributed by atoms with Gasteiger partial charge < -0.3 is 23.7 Å². The smallest absolute Gasteiger partial charge is 0.311 e. The van der Waals surface area contributed by atoms with E-state index in [1.807, 2.05) is 27.7 Å². The van der Waals surface area contributed by atoms with E-state index in [1.54, 1.807) is 14.2 Å². The number of hydrogen-bond donors (Lipinski definition) is 1. The lowest BCUT2D eigenvalue weighted by Crippen LogP contribution is -2.49. The molecule has 0 rings (SSSR count). The minimum atomic E-state index is -2.05. The Bertz CT molecular complexity index is 523. The number of carbonyl (C=O) groups excluding carboxylic acids is 1. The minimum absolute atomic E-state index is 0.0106. The van der Waals surface area contributed by atoms with Crippen molar-refractivity contribution < 1.29 is 28.5 Å². The van der Waals surface area contributed by atoms with Gasteiger partial charge in [0, 0.05) is 39.1 Å². The van der Waals surface area contributed by atoms with E-state index in [0.717, 1.165) is 0 Å². The summed E-state index contributed by atoms with van der Waals surface area (Å²) in [6.45, 7) is 21.2. The molecule has 0 aliphatic heterocycles. The maximum Gasteiger partial charge on any atom is 0.311 e. The second-order valence-corrected chi connectivity index (χ2v) is 16.2. The third-order valence-electron chi connectivity index (χ3n) is 6.67. The normalized spacial score (nSPS) is 18.2. The van der Waals surface area contributed by atoms with Crippen LogP contribution in [0.5, 0.6) is 0 Å². The van der Waals surface area contributed by atoms with Crippen molar-refractivity contribution in [1.82, 2.24) is 0 Å². The Balaban J connectivity index is 5.51. The van der Waals surface area contributed by atoms with Gasteiger partial charge in [-0.2, -0.15) is 0 Å². The monoisotopic (exact) mass is 462 g/mol. The zero-order valence-electron chi connectivity index (χ0n) is 22.2. The molecule has 31 heavy (non-hydrogen) atoms. The molecule has 0 bridgehead atoms. The SMILES string of the molecule is CO[C@H](CCOC(=O)C(C)(C)C)[C@H](C)[C@@H](C[C@@H](OC)[C@@H](C)CO)O[Si](C)(C)C(C)(C)C. The average molecular weight is 463 g/mol. The van der Waals surface area contributed by atoms with E-state index in [2.05, 4.69) is 40.8 Å². The second-order valence-electron chi connectivity index (χ2n) is 11.4.